The first-order valence-electron chi connectivity index (χ1n) is 12.2. The zero-order chi connectivity index (χ0) is 23.3. The van der Waals surface area contributed by atoms with Crippen LogP contribution in [0.1, 0.15) is 69.4 Å². The second kappa shape index (κ2) is 15.3. The van der Waals surface area contributed by atoms with E-state index in [2.05, 4.69) is 21.0 Å². The zero-order valence-electron chi connectivity index (χ0n) is 20.6. The number of carbonyl (C=O) groups is 1. The Bertz CT molecular complexity index is 741. The van der Waals surface area contributed by atoms with Crippen molar-refractivity contribution in [3.05, 3.63) is 71.8 Å². The predicted octanol–water partition coefficient (Wildman–Crippen LogP) is 2.69. The van der Waals surface area contributed by atoms with Crippen molar-refractivity contribution in [1.29, 1.82) is 0 Å². The summed E-state index contributed by atoms with van der Waals surface area (Å²) in [5.41, 5.74) is -0.773. The van der Waals surface area contributed by atoms with Gasteiger partial charge in [-0.2, -0.15) is 0 Å². The summed E-state index contributed by atoms with van der Waals surface area (Å²) in [5.74, 6) is -0.623. The molecule has 0 aliphatic rings. The van der Waals surface area contributed by atoms with E-state index in [-0.39, 0.29) is 23.6 Å². The molecule has 0 amide bonds. The lowest BCUT2D eigenvalue weighted by Crippen LogP contribution is -3.00. The van der Waals surface area contributed by atoms with Gasteiger partial charge < -0.3 is 31.3 Å². The smallest absolute Gasteiger partial charge is 0.347 e. The lowest BCUT2D eigenvalue weighted by atomic mass is 9.86. The third kappa shape index (κ3) is 9.60. The summed E-state index contributed by atoms with van der Waals surface area (Å²) in [6.07, 6.45) is 10.5. The number of unbranched alkanes of at least 4 members (excludes halogenated alkanes) is 7. The Morgan fingerprint density at radius 1 is 0.788 bits per heavy atom. The number of likely N-dealkylation sites (N-methyl/N-ethyl adjacent to an activating group) is 1. The van der Waals surface area contributed by atoms with Gasteiger partial charge in [-0.3, -0.25) is 0 Å². The first-order chi connectivity index (χ1) is 15.4. The average Bonchev–Trinajstić information content (AvgIpc) is 2.81. The predicted molar refractivity (Wildman–Crippen MR) is 131 cm³/mol. The third-order valence-electron chi connectivity index (χ3n) is 6.23. The highest BCUT2D eigenvalue weighted by molar-refractivity contribution is 5.85. The molecule has 0 saturated carbocycles. The van der Waals surface area contributed by atoms with Crippen LogP contribution in [-0.4, -0.2) is 49.4 Å². The molecule has 0 aromatic heterocycles. The van der Waals surface area contributed by atoms with Gasteiger partial charge in [0, 0.05) is 0 Å². The number of aliphatic hydroxyl groups is 1. The monoisotopic (exact) mass is 519 g/mol. The minimum Gasteiger partial charge on any atom is -1.00 e. The van der Waals surface area contributed by atoms with Crippen LogP contribution in [0.25, 0.3) is 0 Å². The summed E-state index contributed by atoms with van der Waals surface area (Å²) in [7, 11) is 4.35. The summed E-state index contributed by atoms with van der Waals surface area (Å²) >= 11 is 0. The lowest BCUT2D eigenvalue weighted by molar-refractivity contribution is -0.890. The number of nitrogens with zero attached hydrogens (tertiary/aromatic N) is 1. The van der Waals surface area contributed by atoms with Crippen molar-refractivity contribution in [2.45, 2.75) is 63.9 Å². The van der Waals surface area contributed by atoms with Crippen molar-refractivity contribution in [1.82, 2.24) is 0 Å². The maximum absolute atomic E-state index is 13.1. The number of ether oxygens (including phenoxy) is 1. The highest BCUT2D eigenvalue weighted by atomic mass is 79.9. The van der Waals surface area contributed by atoms with Crippen molar-refractivity contribution < 1.29 is 36.1 Å². The van der Waals surface area contributed by atoms with E-state index in [0.717, 1.165) is 17.6 Å². The van der Waals surface area contributed by atoms with Gasteiger partial charge in [0.2, 0.25) is 5.60 Å². The standard InChI is InChI=1S/C28H42NO3.BrH/c1-4-5-6-7-8-9-10-17-22-29(2,3)23-24-32-27(30)28(31,25-18-13-11-14-19-25)26-20-15-12-16-21-26;/h11-16,18-21,31H,4-10,17,22-24H2,1-3H3;1H/q+1;/p-1. The molecule has 5 heteroatoms. The summed E-state index contributed by atoms with van der Waals surface area (Å²) < 4.78 is 6.43. The molecule has 0 heterocycles. The van der Waals surface area contributed by atoms with Gasteiger partial charge >= 0.3 is 5.97 Å². The second-order valence-corrected chi connectivity index (χ2v) is 9.44. The molecule has 184 valence electrons. The van der Waals surface area contributed by atoms with Crippen LogP contribution in [0.15, 0.2) is 60.7 Å². The summed E-state index contributed by atoms with van der Waals surface area (Å²) in [6.45, 7) is 4.32. The maximum atomic E-state index is 13.1. The number of rotatable bonds is 15. The normalized spacial score (nSPS) is 11.6. The number of halogens is 1. The van der Waals surface area contributed by atoms with Crippen LogP contribution in [-0.2, 0) is 15.1 Å². The molecule has 0 unspecified atom stereocenters. The van der Waals surface area contributed by atoms with Crippen LogP contribution < -0.4 is 17.0 Å². The fourth-order valence-electron chi connectivity index (χ4n) is 4.04. The summed E-state index contributed by atoms with van der Waals surface area (Å²) in [6, 6.07) is 18.1. The Kier molecular flexibility index (Phi) is 13.6. The quantitative estimate of drug-likeness (QED) is 0.223. The zero-order valence-corrected chi connectivity index (χ0v) is 22.2. The highest BCUT2D eigenvalue weighted by Gasteiger charge is 2.41. The van der Waals surface area contributed by atoms with Gasteiger partial charge in [0.05, 0.1) is 20.6 Å². The summed E-state index contributed by atoms with van der Waals surface area (Å²) in [5, 5.41) is 11.5. The Morgan fingerprint density at radius 3 is 1.73 bits per heavy atom. The van der Waals surface area contributed by atoms with Gasteiger partial charge in [0.25, 0.3) is 0 Å². The average molecular weight is 521 g/mol. The molecule has 2 aromatic rings. The van der Waals surface area contributed by atoms with E-state index in [1.165, 1.54) is 51.4 Å². The van der Waals surface area contributed by atoms with Crippen molar-refractivity contribution in [2.75, 3.05) is 33.8 Å². The molecule has 2 rings (SSSR count). The minimum atomic E-state index is -1.81. The molecule has 1 N–H and O–H groups in total. The second-order valence-electron chi connectivity index (χ2n) is 9.44. The minimum absolute atomic E-state index is 0. The molecular formula is C28H42BrNO3. The molecule has 0 radical (unpaired) electrons. The van der Waals surface area contributed by atoms with E-state index in [4.69, 9.17) is 4.74 Å². The van der Waals surface area contributed by atoms with E-state index in [1.54, 1.807) is 24.3 Å². The molecule has 0 aliphatic heterocycles. The molecule has 0 saturated heterocycles. The molecule has 4 nitrogen and oxygen atoms in total. The van der Waals surface area contributed by atoms with Crippen molar-refractivity contribution in [2.24, 2.45) is 0 Å². The Hall–Kier alpha value is -1.69. The Labute approximate surface area is 211 Å². The van der Waals surface area contributed by atoms with E-state index in [1.807, 2.05) is 36.4 Å². The number of esters is 1. The fourth-order valence-corrected chi connectivity index (χ4v) is 4.04. The molecule has 0 spiro atoms. The number of benzene rings is 2. The maximum Gasteiger partial charge on any atom is 0.347 e. The van der Waals surface area contributed by atoms with Crippen LogP contribution >= 0.6 is 0 Å². The first-order valence-corrected chi connectivity index (χ1v) is 12.2. The first kappa shape index (κ1) is 29.3. The molecule has 33 heavy (non-hydrogen) atoms. The number of carbonyl (C=O) groups excluding carboxylic acids is 1. The van der Waals surface area contributed by atoms with Crippen LogP contribution in [0, 0.1) is 0 Å². The lowest BCUT2D eigenvalue weighted by Gasteiger charge is -2.31. The van der Waals surface area contributed by atoms with Crippen molar-refractivity contribution in [3.8, 4) is 0 Å². The number of hydrogen-bond acceptors (Lipinski definition) is 3. The van der Waals surface area contributed by atoms with E-state index in [0.29, 0.717) is 11.1 Å². The van der Waals surface area contributed by atoms with Crippen LogP contribution in [0.3, 0.4) is 0 Å². The topological polar surface area (TPSA) is 46.5 Å². The van der Waals surface area contributed by atoms with E-state index < -0.39 is 11.6 Å². The largest absolute Gasteiger partial charge is 1.00 e. The van der Waals surface area contributed by atoms with Gasteiger partial charge in [-0.25, -0.2) is 4.79 Å². The molecule has 0 fully saturated rings. The third-order valence-corrected chi connectivity index (χ3v) is 6.23. The number of quaternary nitrogens is 1. The SMILES string of the molecule is CCCCCCCCCC[N+](C)(C)CCOC(=O)C(O)(c1ccccc1)c1ccccc1.[Br-]. The van der Waals surface area contributed by atoms with Crippen LogP contribution in [0.5, 0.6) is 0 Å². The fraction of sp³-hybridized carbons (Fsp3) is 0.536. The van der Waals surface area contributed by atoms with E-state index in [9.17, 15) is 9.90 Å². The van der Waals surface area contributed by atoms with E-state index >= 15 is 0 Å². The molecule has 0 atom stereocenters. The van der Waals surface area contributed by atoms with Crippen molar-refractivity contribution in [3.63, 3.8) is 0 Å². The Morgan fingerprint density at radius 2 is 1.24 bits per heavy atom. The van der Waals surface area contributed by atoms with Gasteiger partial charge in [-0.15, -0.1) is 0 Å². The van der Waals surface area contributed by atoms with Gasteiger partial charge in [0.15, 0.2) is 0 Å². The highest BCUT2D eigenvalue weighted by Crippen LogP contribution is 2.31. The van der Waals surface area contributed by atoms with Gasteiger partial charge in [0.1, 0.15) is 13.2 Å². The van der Waals surface area contributed by atoms with Gasteiger partial charge in [-0.1, -0.05) is 106 Å². The molecule has 0 bridgehead atoms. The van der Waals surface area contributed by atoms with Gasteiger partial charge in [-0.05, 0) is 24.0 Å². The molecule has 2 aromatic carbocycles. The van der Waals surface area contributed by atoms with Crippen molar-refractivity contribution >= 4 is 5.97 Å². The molecular weight excluding hydrogens is 478 g/mol. The summed E-state index contributed by atoms with van der Waals surface area (Å²) in [4.78, 5) is 13.1. The number of hydrogen-bond donors (Lipinski definition) is 1. The Balaban J connectivity index is 0.00000544. The van der Waals surface area contributed by atoms with Crippen LogP contribution in [0.4, 0.5) is 0 Å². The molecule has 0 aliphatic carbocycles. The van der Waals surface area contributed by atoms with Crippen LogP contribution in [0.2, 0.25) is 0 Å².